The van der Waals surface area contributed by atoms with Gasteiger partial charge in [-0.1, -0.05) is 49.4 Å². The molecule has 164 valence electrons. The fraction of sp³-hybridized carbons (Fsp3) is 0.696. The highest BCUT2D eigenvalue weighted by Crippen LogP contribution is 2.41. The molecule has 1 saturated carbocycles. The summed E-state index contributed by atoms with van der Waals surface area (Å²) in [5, 5.41) is 11.8. The lowest BCUT2D eigenvalue weighted by Gasteiger charge is -2.23. The second-order valence-corrected chi connectivity index (χ2v) is 9.57. The van der Waals surface area contributed by atoms with E-state index in [0.29, 0.717) is 35.4 Å². The van der Waals surface area contributed by atoms with E-state index in [1.54, 1.807) is 6.07 Å². The van der Waals surface area contributed by atoms with E-state index >= 15 is 0 Å². The van der Waals surface area contributed by atoms with Gasteiger partial charge in [0.2, 0.25) is 0 Å². The largest absolute Gasteiger partial charge is 0.466 e. The molecule has 3 nitrogen and oxygen atoms in total. The molecule has 29 heavy (non-hydrogen) atoms. The number of aryl methyl sites for hydroxylation is 1. The Morgan fingerprint density at radius 3 is 2.45 bits per heavy atom. The monoisotopic (exact) mass is 462 g/mol. The van der Waals surface area contributed by atoms with Crippen molar-refractivity contribution in [3.63, 3.8) is 0 Å². The van der Waals surface area contributed by atoms with Crippen LogP contribution in [0.3, 0.4) is 0 Å². The van der Waals surface area contributed by atoms with Gasteiger partial charge in [-0.2, -0.15) is 0 Å². The Kier molecular flexibility index (Phi) is 11.1. The Labute approximate surface area is 190 Å². The van der Waals surface area contributed by atoms with Crippen LogP contribution in [-0.2, 0) is 16.0 Å². The van der Waals surface area contributed by atoms with Crippen LogP contribution < -0.4 is 0 Å². The summed E-state index contributed by atoms with van der Waals surface area (Å²) >= 11 is 18.8. The summed E-state index contributed by atoms with van der Waals surface area (Å²) in [6.07, 6.45) is 8.48. The number of ether oxygens (including phenoxy) is 1. The molecule has 0 heterocycles. The first kappa shape index (κ1) is 24.8. The van der Waals surface area contributed by atoms with Crippen molar-refractivity contribution >= 4 is 40.8 Å². The number of rotatable bonds is 12. The highest BCUT2D eigenvalue weighted by molar-refractivity contribution is 6.34. The Balaban J connectivity index is 1.72. The molecule has 4 atom stereocenters. The minimum absolute atomic E-state index is 0.0296. The molecule has 2 rings (SSSR count). The summed E-state index contributed by atoms with van der Waals surface area (Å²) < 4.78 is 5.10. The third-order valence-corrected chi connectivity index (χ3v) is 6.74. The van der Waals surface area contributed by atoms with E-state index in [2.05, 4.69) is 0 Å². The average molecular weight is 464 g/mol. The number of benzene rings is 1. The highest BCUT2D eigenvalue weighted by atomic mass is 35.5. The SMILES string of the molecule is CCCOC(=O)CCCCCC[C@@H]1[C@@H](CCc2cc(Cl)cc(Cl)c2)[C@H](O)C[C@H]1Cl. The maximum absolute atomic E-state index is 11.5. The van der Waals surface area contributed by atoms with E-state index in [-0.39, 0.29) is 23.4 Å². The molecule has 0 aliphatic heterocycles. The van der Waals surface area contributed by atoms with Crippen molar-refractivity contribution in [2.75, 3.05) is 6.61 Å². The molecule has 0 aromatic heterocycles. The summed E-state index contributed by atoms with van der Waals surface area (Å²) in [7, 11) is 0. The molecule has 1 aromatic rings. The maximum atomic E-state index is 11.5. The van der Waals surface area contributed by atoms with E-state index in [9.17, 15) is 9.90 Å². The van der Waals surface area contributed by atoms with Gasteiger partial charge in [-0.15, -0.1) is 11.6 Å². The fourth-order valence-electron chi connectivity index (χ4n) is 4.31. The highest BCUT2D eigenvalue weighted by Gasteiger charge is 2.40. The van der Waals surface area contributed by atoms with Gasteiger partial charge < -0.3 is 9.84 Å². The molecule has 1 fully saturated rings. The van der Waals surface area contributed by atoms with Crippen LogP contribution in [0.15, 0.2) is 18.2 Å². The maximum Gasteiger partial charge on any atom is 0.305 e. The van der Waals surface area contributed by atoms with Gasteiger partial charge in [0.25, 0.3) is 0 Å². The van der Waals surface area contributed by atoms with Gasteiger partial charge in [-0.25, -0.2) is 0 Å². The van der Waals surface area contributed by atoms with Gasteiger partial charge in [0.15, 0.2) is 0 Å². The standard InChI is InChI=1S/C23H33Cl3O3/c1-2-11-29-23(28)8-6-4-3-5-7-19-20(22(27)15-21(19)26)10-9-16-12-17(24)14-18(25)13-16/h12-14,19-22,27H,2-11,15H2,1H3/t19-,20-,21-,22-/m1/s1. The van der Waals surface area contributed by atoms with Gasteiger partial charge in [-0.3, -0.25) is 4.79 Å². The van der Waals surface area contributed by atoms with E-state index in [4.69, 9.17) is 39.5 Å². The van der Waals surface area contributed by atoms with Crippen molar-refractivity contribution in [1.29, 1.82) is 0 Å². The molecule has 0 spiro atoms. The Hall–Kier alpha value is -0.480. The van der Waals surface area contributed by atoms with Crippen molar-refractivity contribution in [2.45, 2.75) is 82.6 Å². The molecule has 0 saturated heterocycles. The van der Waals surface area contributed by atoms with E-state index < -0.39 is 0 Å². The number of unbranched alkanes of at least 4 members (excludes halogenated alkanes) is 3. The smallest absolute Gasteiger partial charge is 0.305 e. The first-order valence-corrected chi connectivity index (χ1v) is 12.0. The Morgan fingerprint density at radius 1 is 1.07 bits per heavy atom. The van der Waals surface area contributed by atoms with Crippen LogP contribution in [0, 0.1) is 11.8 Å². The molecular weight excluding hydrogens is 431 g/mol. The molecule has 0 radical (unpaired) electrons. The van der Waals surface area contributed by atoms with Crippen molar-refractivity contribution in [3.05, 3.63) is 33.8 Å². The topological polar surface area (TPSA) is 46.5 Å². The Morgan fingerprint density at radius 2 is 1.76 bits per heavy atom. The third-order valence-electron chi connectivity index (χ3n) is 5.80. The molecule has 0 amide bonds. The molecular formula is C23H33Cl3O3. The zero-order valence-corrected chi connectivity index (χ0v) is 19.5. The molecule has 6 heteroatoms. The summed E-state index contributed by atoms with van der Waals surface area (Å²) in [6, 6.07) is 5.61. The van der Waals surface area contributed by atoms with Gasteiger partial charge in [0.1, 0.15) is 0 Å². The van der Waals surface area contributed by atoms with E-state index in [0.717, 1.165) is 56.9 Å². The van der Waals surface area contributed by atoms with Crippen LogP contribution in [0.1, 0.15) is 70.3 Å². The number of aliphatic hydroxyl groups is 1. The second kappa shape index (κ2) is 13.0. The van der Waals surface area contributed by atoms with E-state index in [1.807, 2.05) is 19.1 Å². The van der Waals surface area contributed by atoms with Gasteiger partial charge in [0, 0.05) is 21.8 Å². The lowest BCUT2D eigenvalue weighted by Crippen LogP contribution is -2.21. The fourth-order valence-corrected chi connectivity index (χ4v) is 5.38. The summed E-state index contributed by atoms with van der Waals surface area (Å²) in [4.78, 5) is 11.5. The number of hydrogen-bond acceptors (Lipinski definition) is 3. The summed E-state index contributed by atoms with van der Waals surface area (Å²) in [6.45, 7) is 2.51. The van der Waals surface area contributed by atoms with Crippen LogP contribution in [0.25, 0.3) is 0 Å². The van der Waals surface area contributed by atoms with Crippen LogP contribution in [-0.4, -0.2) is 29.2 Å². The predicted octanol–water partition coefficient (Wildman–Crippen LogP) is 6.82. The van der Waals surface area contributed by atoms with Gasteiger partial charge in [0.05, 0.1) is 12.7 Å². The van der Waals surface area contributed by atoms with Crippen molar-refractivity contribution < 1.29 is 14.6 Å². The van der Waals surface area contributed by atoms with Gasteiger partial charge >= 0.3 is 5.97 Å². The predicted molar refractivity (Wildman–Crippen MR) is 121 cm³/mol. The third kappa shape index (κ3) is 8.65. The molecule has 1 aliphatic rings. The minimum atomic E-state index is -0.342. The van der Waals surface area contributed by atoms with E-state index in [1.165, 1.54) is 0 Å². The first-order valence-electron chi connectivity index (χ1n) is 10.8. The first-order chi connectivity index (χ1) is 13.9. The number of esters is 1. The van der Waals surface area contributed by atoms with Crippen molar-refractivity contribution in [2.24, 2.45) is 11.8 Å². The molecule has 0 bridgehead atoms. The average Bonchev–Trinajstić information content (AvgIpc) is 2.93. The number of aliphatic hydroxyl groups excluding tert-OH is 1. The zero-order valence-electron chi connectivity index (χ0n) is 17.2. The van der Waals surface area contributed by atoms with Crippen LogP contribution in [0.2, 0.25) is 10.0 Å². The number of carbonyl (C=O) groups excluding carboxylic acids is 1. The molecule has 1 N–H and O–H groups in total. The Bertz CT molecular complexity index is 618. The molecule has 1 aromatic carbocycles. The van der Waals surface area contributed by atoms with Gasteiger partial charge in [-0.05, 0) is 74.1 Å². The summed E-state index contributed by atoms with van der Waals surface area (Å²) in [5.74, 6) is 0.447. The normalized spacial score (nSPS) is 24.0. The van der Waals surface area contributed by atoms with Crippen molar-refractivity contribution in [1.82, 2.24) is 0 Å². The molecule has 1 aliphatic carbocycles. The zero-order chi connectivity index (χ0) is 21.2. The lowest BCUT2D eigenvalue weighted by molar-refractivity contribution is -0.143. The van der Waals surface area contributed by atoms with Crippen LogP contribution in [0.5, 0.6) is 0 Å². The quantitative estimate of drug-likeness (QED) is 0.210. The van der Waals surface area contributed by atoms with Crippen LogP contribution >= 0.6 is 34.8 Å². The number of halogens is 3. The van der Waals surface area contributed by atoms with Crippen LogP contribution in [0.4, 0.5) is 0 Å². The molecule has 0 unspecified atom stereocenters. The van der Waals surface area contributed by atoms with Crippen molar-refractivity contribution in [3.8, 4) is 0 Å². The summed E-state index contributed by atoms with van der Waals surface area (Å²) in [5.41, 5.74) is 1.10. The minimum Gasteiger partial charge on any atom is -0.466 e. The number of carbonyl (C=O) groups is 1. The lowest BCUT2D eigenvalue weighted by atomic mass is 9.85. The second-order valence-electron chi connectivity index (χ2n) is 8.14. The number of alkyl halides is 1. The number of hydrogen-bond donors (Lipinski definition) is 1.